The highest BCUT2D eigenvalue weighted by Crippen LogP contribution is 2.08. The molecule has 122 valence electrons. The number of nitrogens with zero attached hydrogens (tertiary/aromatic N) is 2. The molecule has 5 N–H and O–H groups in total. The van der Waals surface area contributed by atoms with Crippen LogP contribution in [0.4, 0.5) is 10.6 Å². The van der Waals surface area contributed by atoms with Gasteiger partial charge in [0.25, 0.3) is 11.8 Å². The van der Waals surface area contributed by atoms with Crippen LogP contribution in [0.15, 0.2) is 24.4 Å². The maximum absolute atomic E-state index is 12.2. The Balaban J connectivity index is 2.05. The first-order valence-electron chi connectivity index (χ1n) is 6.68. The lowest BCUT2D eigenvalue weighted by Crippen LogP contribution is -2.43. The van der Waals surface area contributed by atoms with Crippen molar-refractivity contribution in [2.24, 2.45) is 0 Å². The molecule has 2 rings (SSSR count). The summed E-state index contributed by atoms with van der Waals surface area (Å²) in [6.45, 7) is 3.18. The molecule has 3 amide bonds. The summed E-state index contributed by atoms with van der Waals surface area (Å²) in [5.41, 5.74) is 3.39. The Hall–Kier alpha value is -3.30. The average molecular weight is 320 g/mol. The Morgan fingerprint density at radius 2 is 2.13 bits per heavy atom. The number of rotatable bonds is 5. The normalized spacial score (nSPS) is 11.6. The average Bonchev–Trinajstić information content (AvgIpc) is 3.07. The van der Waals surface area contributed by atoms with Gasteiger partial charge in [0.05, 0.1) is 0 Å². The van der Waals surface area contributed by atoms with Gasteiger partial charge < -0.3 is 15.7 Å². The van der Waals surface area contributed by atoms with E-state index in [1.165, 1.54) is 23.9 Å². The highest BCUT2D eigenvalue weighted by molar-refractivity contribution is 6.03. The molecule has 10 heteroatoms. The molecule has 0 aromatic carbocycles. The predicted octanol–water partition coefficient (Wildman–Crippen LogP) is 0.498. The van der Waals surface area contributed by atoms with E-state index in [0.717, 1.165) is 5.69 Å². The molecular weight excluding hydrogens is 304 g/mol. The third-order valence-electron chi connectivity index (χ3n) is 2.89. The minimum atomic E-state index is -1.31. The number of carbonyl (C=O) groups excluding carboxylic acids is 2. The molecule has 23 heavy (non-hydrogen) atoms. The quantitative estimate of drug-likeness (QED) is 0.545. The fourth-order valence-electron chi connectivity index (χ4n) is 1.79. The topological polar surface area (TPSA) is 141 Å². The van der Waals surface area contributed by atoms with Crippen molar-refractivity contribution in [2.45, 2.75) is 19.9 Å². The van der Waals surface area contributed by atoms with Gasteiger partial charge in [-0.15, -0.1) is 0 Å². The van der Waals surface area contributed by atoms with Gasteiger partial charge in [0.15, 0.2) is 5.82 Å². The van der Waals surface area contributed by atoms with E-state index in [-0.39, 0.29) is 5.69 Å². The van der Waals surface area contributed by atoms with Crippen molar-refractivity contribution in [3.05, 3.63) is 35.8 Å². The summed E-state index contributed by atoms with van der Waals surface area (Å²) in [5, 5.41) is 19.8. The Labute approximate surface area is 130 Å². The lowest BCUT2D eigenvalue weighted by atomic mass is 10.3. The second-order valence-corrected chi connectivity index (χ2v) is 4.80. The van der Waals surface area contributed by atoms with Crippen LogP contribution in [0, 0.1) is 6.92 Å². The second-order valence-electron chi connectivity index (χ2n) is 4.80. The third kappa shape index (κ3) is 4.09. The summed E-state index contributed by atoms with van der Waals surface area (Å²) in [6.07, 6.45) is 0.155. The van der Waals surface area contributed by atoms with Crippen molar-refractivity contribution in [1.29, 1.82) is 0 Å². The van der Waals surface area contributed by atoms with Crippen molar-refractivity contribution < 1.29 is 19.5 Å². The molecule has 0 saturated carbocycles. The number of aromatic amines is 1. The number of anilines is 1. The van der Waals surface area contributed by atoms with Crippen LogP contribution in [-0.4, -0.2) is 43.9 Å². The van der Waals surface area contributed by atoms with Crippen molar-refractivity contribution in [2.75, 3.05) is 10.7 Å². The van der Waals surface area contributed by atoms with E-state index < -0.39 is 23.9 Å². The van der Waals surface area contributed by atoms with E-state index in [2.05, 4.69) is 20.9 Å². The first-order chi connectivity index (χ1) is 10.9. The predicted molar refractivity (Wildman–Crippen MR) is 80.7 cm³/mol. The number of carbonyl (C=O) groups is 3. The Bertz CT molecular complexity index is 734. The molecule has 0 radical (unpaired) electrons. The highest BCUT2D eigenvalue weighted by atomic mass is 16.4. The van der Waals surface area contributed by atoms with Crippen LogP contribution < -0.4 is 16.1 Å². The van der Waals surface area contributed by atoms with Gasteiger partial charge in [0.1, 0.15) is 11.7 Å². The molecule has 0 aliphatic rings. The SMILES string of the molecule is Cc1cc(NC(=O)c2cccn2NC(=O)C(C)NC(=O)O)n[nH]1. The first-order valence-corrected chi connectivity index (χ1v) is 6.68. The van der Waals surface area contributed by atoms with Crippen LogP contribution in [-0.2, 0) is 4.79 Å². The van der Waals surface area contributed by atoms with Crippen molar-refractivity contribution in [3.63, 3.8) is 0 Å². The molecule has 2 aromatic rings. The Kier molecular flexibility index (Phi) is 4.64. The molecule has 2 heterocycles. The Morgan fingerprint density at radius 3 is 2.74 bits per heavy atom. The zero-order valence-electron chi connectivity index (χ0n) is 12.5. The fourth-order valence-corrected chi connectivity index (χ4v) is 1.79. The van der Waals surface area contributed by atoms with Gasteiger partial charge in [0.2, 0.25) is 0 Å². The van der Waals surface area contributed by atoms with E-state index in [0.29, 0.717) is 5.82 Å². The molecule has 0 aliphatic carbocycles. The van der Waals surface area contributed by atoms with Gasteiger partial charge in [-0.25, -0.2) is 4.79 Å². The summed E-state index contributed by atoms with van der Waals surface area (Å²) < 4.78 is 1.21. The minimum Gasteiger partial charge on any atom is -0.465 e. The van der Waals surface area contributed by atoms with Crippen LogP contribution in [0.1, 0.15) is 23.1 Å². The zero-order valence-corrected chi connectivity index (χ0v) is 12.5. The number of carboxylic acid groups (broad SMARTS) is 1. The molecule has 0 saturated heterocycles. The van der Waals surface area contributed by atoms with E-state index in [9.17, 15) is 14.4 Å². The molecule has 0 spiro atoms. The van der Waals surface area contributed by atoms with E-state index in [1.54, 1.807) is 19.1 Å². The van der Waals surface area contributed by atoms with Crippen LogP contribution in [0.25, 0.3) is 0 Å². The first kappa shape index (κ1) is 16.1. The minimum absolute atomic E-state index is 0.168. The number of amides is 3. The number of hydrogen-bond donors (Lipinski definition) is 5. The molecule has 1 unspecified atom stereocenters. The van der Waals surface area contributed by atoms with Crippen molar-refractivity contribution in [3.8, 4) is 0 Å². The van der Waals surface area contributed by atoms with Gasteiger partial charge in [-0.2, -0.15) is 5.10 Å². The summed E-state index contributed by atoms with van der Waals surface area (Å²) in [7, 11) is 0. The van der Waals surface area contributed by atoms with E-state index in [4.69, 9.17) is 5.11 Å². The number of aromatic nitrogens is 3. The number of aryl methyl sites for hydroxylation is 1. The van der Waals surface area contributed by atoms with E-state index >= 15 is 0 Å². The summed E-state index contributed by atoms with van der Waals surface area (Å²) in [5.74, 6) is -0.721. The summed E-state index contributed by atoms with van der Waals surface area (Å²) in [4.78, 5) is 34.6. The number of hydrogen-bond acceptors (Lipinski definition) is 4. The molecule has 1 atom stereocenters. The van der Waals surface area contributed by atoms with Crippen LogP contribution in [0.2, 0.25) is 0 Å². The molecule has 10 nitrogen and oxygen atoms in total. The Morgan fingerprint density at radius 1 is 1.39 bits per heavy atom. The van der Waals surface area contributed by atoms with Crippen LogP contribution >= 0.6 is 0 Å². The molecule has 0 fully saturated rings. The van der Waals surface area contributed by atoms with E-state index in [1.807, 2.05) is 5.32 Å². The molecule has 2 aromatic heterocycles. The van der Waals surface area contributed by atoms with Gasteiger partial charge in [-0.3, -0.25) is 24.8 Å². The largest absolute Gasteiger partial charge is 0.465 e. The van der Waals surface area contributed by atoms with Crippen molar-refractivity contribution >= 4 is 23.7 Å². The fraction of sp³-hybridized carbons (Fsp3) is 0.231. The van der Waals surface area contributed by atoms with Crippen molar-refractivity contribution in [1.82, 2.24) is 20.2 Å². The molecular formula is C13H16N6O4. The van der Waals surface area contributed by atoms with Gasteiger partial charge >= 0.3 is 6.09 Å². The second kappa shape index (κ2) is 6.64. The third-order valence-corrected chi connectivity index (χ3v) is 2.89. The van der Waals surface area contributed by atoms with Gasteiger partial charge in [0, 0.05) is 18.0 Å². The lowest BCUT2D eigenvalue weighted by Gasteiger charge is -2.14. The molecule has 0 bridgehead atoms. The number of nitrogens with one attached hydrogen (secondary N) is 4. The summed E-state index contributed by atoms with van der Waals surface area (Å²) in [6, 6.07) is 3.76. The summed E-state index contributed by atoms with van der Waals surface area (Å²) >= 11 is 0. The zero-order chi connectivity index (χ0) is 17.0. The standard InChI is InChI=1S/C13H16N6O4/c1-7-6-10(17-16-7)15-12(21)9-4-3-5-19(9)18-11(20)8(2)14-13(22)23/h3-6,8,14H,1-2H3,(H,18,20)(H,22,23)(H2,15,16,17,21). The maximum atomic E-state index is 12.2. The highest BCUT2D eigenvalue weighted by Gasteiger charge is 2.18. The van der Waals surface area contributed by atoms with Crippen LogP contribution in [0.5, 0.6) is 0 Å². The van der Waals surface area contributed by atoms with Gasteiger partial charge in [-0.1, -0.05) is 0 Å². The molecule has 0 aliphatic heterocycles. The number of H-pyrrole nitrogens is 1. The van der Waals surface area contributed by atoms with Gasteiger partial charge in [-0.05, 0) is 26.0 Å². The lowest BCUT2D eigenvalue weighted by molar-refractivity contribution is -0.118. The monoisotopic (exact) mass is 320 g/mol. The van der Waals surface area contributed by atoms with Crippen LogP contribution in [0.3, 0.4) is 0 Å². The smallest absolute Gasteiger partial charge is 0.405 e. The maximum Gasteiger partial charge on any atom is 0.405 e.